The summed E-state index contributed by atoms with van der Waals surface area (Å²) in [7, 11) is -3.31. The molecule has 1 aromatic carbocycles. The number of likely N-dealkylation sites (tertiary alicyclic amines) is 1. The van der Waals surface area contributed by atoms with Crippen LogP contribution in [0.5, 0.6) is 0 Å². The molecule has 1 amide bonds. The van der Waals surface area contributed by atoms with E-state index in [0.717, 1.165) is 6.26 Å². The number of halogens is 2. The summed E-state index contributed by atoms with van der Waals surface area (Å²) in [5.41, 5.74) is 0.313. The fourth-order valence-electron chi connectivity index (χ4n) is 1.86. The second-order valence-corrected chi connectivity index (χ2v) is 6.54. The van der Waals surface area contributed by atoms with Crippen LogP contribution in [0, 0.1) is 0 Å². The van der Waals surface area contributed by atoms with Crippen molar-refractivity contribution in [2.45, 2.75) is 17.6 Å². The molecule has 0 spiro atoms. The molecule has 20 heavy (non-hydrogen) atoms. The molecule has 0 bridgehead atoms. The SMILES string of the molecule is CS(=O)(=O)c1ccc(C(=O)N2CC(OC(F)F)C2)cc1. The van der Waals surface area contributed by atoms with Crippen molar-refractivity contribution in [3.63, 3.8) is 0 Å². The van der Waals surface area contributed by atoms with Crippen LogP contribution in [0.2, 0.25) is 0 Å². The standard InChI is InChI=1S/C12H13F2NO4S/c1-20(17,18)10-4-2-8(3-5-10)11(16)15-6-9(7-15)19-12(13)14/h2-5,9,12H,6-7H2,1H3. The van der Waals surface area contributed by atoms with E-state index in [9.17, 15) is 22.0 Å². The van der Waals surface area contributed by atoms with Gasteiger partial charge in [0.1, 0.15) is 0 Å². The summed E-state index contributed by atoms with van der Waals surface area (Å²) in [6, 6.07) is 5.49. The van der Waals surface area contributed by atoms with Crippen molar-refractivity contribution in [2.24, 2.45) is 0 Å². The van der Waals surface area contributed by atoms with Gasteiger partial charge in [0.15, 0.2) is 9.84 Å². The van der Waals surface area contributed by atoms with Gasteiger partial charge in [-0.15, -0.1) is 0 Å². The zero-order valence-corrected chi connectivity index (χ0v) is 11.4. The number of ether oxygens (including phenoxy) is 1. The largest absolute Gasteiger partial charge is 0.345 e. The molecule has 1 aliphatic heterocycles. The first-order valence-electron chi connectivity index (χ1n) is 5.80. The highest BCUT2D eigenvalue weighted by Gasteiger charge is 2.33. The van der Waals surface area contributed by atoms with Gasteiger partial charge in [0.2, 0.25) is 0 Å². The fourth-order valence-corrected chi connectivity index (χ4v) is 2.49. The first-order chi connectivity index (χ1) is 9.27. The third-order valence-corrected chi connectivity index (χ3v) is 4.09. The van der Waals surface area contributed by atoms with Crippen molar-refractivity contribution in [2.75, 3.05) is 19.3 Å². The number of rotatable bonds is 4. The molecule has 0 radical (unpaired) electrons. The highest BCUT2D eigenvalue weighted by atomic mass is 32.2. The lowest BCUT2D eigenvalue weighted by Gasteiger charge is -2.38. The van der Waals surface area contributed by atoms with Crippen LogP contribution in [0.15, 0.2) is 29.2 Å². The smallest absolute Gasteiger partial charge is 0.333 e. The number of nitrogens with zero attached hydrogens (tertiary/aromatic N) is 1. The van der Waals surface area contributed by atoms with Crippen LogP contribution >= 0.6 is 0 Å². The van der Waals surface area contributed by atoms with Crippen LogP contribution in [0.25, 0.3) is 0 Å². The summed E-state index contributed by atoms with van der Waals surface area (Å²) in [6.45, 7) is -2.63. The maximum absolute atomic E-state index is 12.0. The second kappa shape index (κ2) is 5.45. The molecule has 1 heterocycles. The van der Waals surface area contributed by atoms with Crippen molar-refractivity contribution in [1.29, 1.82) is 0 Å². The Hall–Kier alpha value is -1.54. The van der Waals surface area contributed by atoms with E-state index in [2.05, 4.69) is 4.74 Å². The fraction of sp³-hybridized carbons (Fsp3) is 0.417. The van der Waals surface area contributed by atoms with Gasteiger partial charge in [-0.2, -0.15) is 8.78 Å². The van der Waals surface area contributed by atoms with Crippen LogP contribution < -0.4 is 0 Å². The zero-order chi connectivity index (χ0) is 14.9. The Labute approximate surface area is 115 Å². The van der Waals surface area contributed by atoms with Crippen molar-refractivity contribution in [1.82, 2.24) is 4.90 Å². The van der Waals surface area contributed by atoms with Crippen molar-refractivity contribution >= 4 is 15.7 Å². The molecule has 8 heteroatoms. The zero-order valence-electron chi connectivity index (χ0n) is 10.6. The minimum Gasteiger partial charge on any atom is -0.333 e. The van der Waals surface area contributed by atoms with Crippen molar-refractivity contribution in [3.05, 3.63) is 29.8 Å². The maximum atomic E-state index is 12.0. The van der Waals surface area contributed by atoms with Gasteiger partial charge in [-0.25, -0.2) is 8.42 Å². The molecule has 0 unspecified atom stereocenters. The van der Waals surface area contributed by atoms with Gasteiger partial charge >= 0.3 is 6.61 Å². The van der Waals surface area contributed by atoms with Crippen LogP contribution in [0.4, 0.5) is 8.78 Å². The third-order valence-electron chi connectivity index (χ3n) is 2.96. The molecular formula is C12H13F2NO4S. The Morgan fingerprint density at radius 1 is 1.30 bits per heavy atom. The number of hydrogen-bond acceptors (Lipinski definition) is 4. The van der Waals surface area contributed by atoms with Gasteiger partial charge in [0.25, 0.3) is 5.91 Å². The number of carbonyl (C=O) groups excluding carboxylic acids is 1. The van der Waals surface area contributed by atoms with Crippen molar-refractivity contribution < 1.29 is 26.7 Å². The average molecular weight is 305 g/mol. The Morgan fingerprint density at radius 3 is 2.30 bits per heavy atom. The highest BCUT2D eigenvalue weighted by Crippen LogP contribution is 2.19. The molecule has 1 fully saturated rings. The van der Waals surface area contributed by atoms with Crippen molar-refractivity contribution in [3.8, 4) is 0 Å². The molecule has 110 valence electrons. The minimum absolute atomic E-state index is 0.108. The lowest BCUT2D eigenvalue weighted by molar-refractivity contribution is -0.189. The number of benzene rings is 1. The minimum atomic E-state index is -3.31. The summed E-state index contributed by atoms with van der Waals surface area (Å²) >= 11 is 0. The van der Waals surface area contributed by atoms with Crippen LogP contribution in [0.3, 0.4) is 0 Å². The molecule has 1 saturated heterocycles. The average Bonchev–Trinajstić information content (AvgIpc) is 2.31. The lowest BCUT2D eigenvalue weighted by atomic mass is 10.1. The van der Waals surface area contributed by atoms with E-state index in [1.807, 2.05) is 0 Å². The summed E-state index contributed by atoms with van der Waals surface area (Å²) in [4.78, 5) is 13.4. The molecule has 0 atom stereocenters. The number of amides is 1. The van der Waals surface area contributed by atoms with E-state index in [0.29, 0.717) is 5.56 Å². The van der Waals surface area contributed by atoms with Crippen LogP contribution in [-0.2, 0) is 14.6 Å². The molecule has 0 aliphatic carbocycles. The molecular weight excluding hydrogens is 292 g/mol. The normalized spacial score (nSPS) is 16.3. The van der Waals surface area contributed by atoms with Gasteiger partial charge < -0.3 is 9.64 Å². The molecule has 5 nitrogen and oxygen atoms in total. The topological polar surface area (TPSA) is 63.7 Å². The molecule has 0 N–H and O–H groups in total. The van der Waals surface area contributed by atoms with Crippen LogP contribution in [-0.4, -0.2) is 51.3 Å². The second-order valence-electron chi connectivity index (χ2n) is 4.53. The summed E-state index contributed by atoms with van der Waals surface area (Å²) < 4.78 is 50.7. The molecule has 0 aromatic heterocycles. The maximum Gasteiger partial charge on any atom is 0.345 e. The van der Waals surface area contributed by atoms with Gasteiger partial charge in [-0.1, -0.05) is 0 Å². The molecule has 1 aliphatic rings. The summed E-state index contributed by atoms with van der Waals surface area (Å²) in [6.07, 6.45) is 0.431. The van der Waals surface area contributed by atoms with E-state index in [1.165, 1.54) is 29.2 Å². The van der Waals surface area contributed by atoms with E-state index < -0.39 is 22.6 Å². The van der Waals surface area contributed by atoms with E-state index in [4.69, 9.17) is 0 Å². The Morgan fingerprint density at radius 2 is 1.85 bits per heavy atom. The van der Waals surface area contributed by atoms with Crippen LogP contribution in [0.1, 0.15) is 10.4 Å². The lowest BCUT2D eigenvalue weighted by Crippen LogP contribution is -2.55. The Kier molecular flexibility index (Phi) is 4.05. The van der Waals surface area contributed by atoms with Gasteiger partial charge in [-0.3, -0.25) is 4.79 Å². The first kappa shape index (κ1) is 14.9. The number of sulfone groups is 1. The Balaban J connectivity index is 1.98. The number of alkyl halides is 2. The molecule has 0 saturated carbocycles. The predicted molar refractivity (Wildman–Crippen MR) is 66.3 cm³/mol. The van der Waals surface area contributed by atoms with Gasteiger partial charge in [0.05, 0.1) is 11.0 Å². The van der Waals surface area contributed by atoms with E-state index in [-0.39, 0.29) is 23.9 Å². The molecule has 1 aromatic rings. The number of carbonyl (C=O) groups is 1. The molecule has 2 rings (SSSR count). The van der Waals surface area contributed by atoms with Gasteiger partial charge in [0, 0.05) is 24.9 Å². The quantitative estimate of drug-likeness (QED) is 0.837. The predicted octanol–water partition coefficient (Wildman–Crippen LogP) is 1.15. The van der Waals surface area contributed by atoms with Gasteiger partial charge in [-0.05, 0) is 24.3 Å². The first-order valence-corrected chi connectivity index (χ1v) is 7.69. The monoisotopic (exact) mass is 305 g/mol. The van der Waals surface area contributed by atoms with E-state index >= 15 is 0 Å². The Bertz CT molecular complexity index is 594. The number of hydrogen-bond donors (Lipinski definition) is 0. The summed E-state index contributed by atoms with van der Waals surface area (Å²) in [5, 5.41) is 0. The van der Waals surface area contributed by atoms with E-state index in [1.54, 1.807) is 0 Å². The third kappa shape index (κ3) is 3.31. The summed E-state index contributed by atoms with van der Waals surface area (Å²) in [5.74, 6) is -0.334. The highest BCUT2D eigenvalue weighted by molar-refractivity contribution is 7.90.